The number of hydrogen-bond donors (Lipinski definition) is 19. The fraction of sp³-hybridized carbons (Fsp3) is 0.742. The van der Waals surface area contributed by atoms with Crippen molar-refractivity contribution in [3.8, 4) is 0 Å². The summed E-state index contributed by atoms with van der Waals surface area (Å²) in [5.74, 6) is -8.95. The van der Waals surface area contributed by atoms with Crippen LogP contribution in [0.2, 0.25) is 0 Å². The van der Waals surface area contributed by atoms with E-state index in [1.165, 1.54) is 19.1 Å². The largest absolute Gasteiger partial charge is 0.462 e. The molecule has 0 aromatic carbocycles. The maximum absolute atomic E-state index is 14.3. The molecule has 96 heavy (non-hydrogen) atoms. The summed E-state index contributed by atoms with van der Waals surface area (Å²) >= 11 is 0. The summed E-state index contributed by atoms with van der Waals surface area (Å²) in [6.45, 7) is 5.20. The predicted octanol–water partition coefficient (Wildman–Crippen LogP) is -3.99. The molecule has 6 aliphatic heterocycles. The molecule has 4 unspecified atom stereocenters. The number of amides is 2. The first-order chi connectivity index (χ1) is 45.5. The lowest BCUT2D eigenvalue weighted by atomic mass is 9.82. The highest BCUT2D eigenvalue weighted by atomic mass is 16.7. The van der Waals surface area contributed by atoms with Crippen LogP contribution in [0, 0.1) is 17.8 Å². The molecule has 546 valence electrons. The highest BCUT2D eigenvalue weighted by Crippen LogP contribution is 2.39. The van der Waals surface area contributed by atoms with Crippen LogP contribution in [-0.4, -0.2) is 301 Å². The summed E-state index contributed by atoms with van der Waals surface area (Å²) < 4.78 is 40.8. The van der Waals surface area contributed by atoms with Crippen molar-refractivity contribution >= 4 is 17.8 Å². The van der Waals surface area contributed by atoms with Crippen LogP contribution in [0.1, 0.15) is 98.3 Å². The Hall–Kier alpha value is -4.37. The minimum atomic E-state index is -2.69. The molecular weight excluding hydrogens is 1270 g/mol. The van der Waals surface area contributed by atoms with E-state index in [1.807, 2.05) is 6.92 Å². The number of hydrogen-bond acceptors (Lipinski definition) is 28. The number of fused-ring (bicyclic) bond motifs is 2. The molecule has 6 heterocycles. The van der Waals surface area contributed by atoms with Gasteiger partial charge < -0.3 is 136 Å². The number of carbonyl (C=O) groups excluding carboxylic acids is 3. The molecule has 0 spiro atoms. The zero-order valence-electron chi connectivity index (χ0n) is 54.7. The van der Waals surface area contributed by atoms with E-state index in [2.05, 4.69) is 10.6 Å². The van der Waals surface area contributed by atoms with E-state index >= 15 is 0 Å². The maximum Gasteiger partial charge on any atom is 0.308 e. The summed E-state index contributed by atoms with van der Waals surface area (Å²) in [5.41, 5.74) is 0. The number of rotatable bonds is 13. The van der Waals surface area contributed by atoms with Crippen LogP contribution < -0.4 is 10.6 Å². The minimum Gasteiger partial charge on any atom is -0.462 e. The highest BCUT2D eigenvalue weighted by molar-refractivity contribution is 5.80. The second-order valence-corrected chi connectivity index (χ2v) is 26.2. The molecule has 28 atom stereocenters. The van der Waals surface area contributed by atoms with Gasteiger partial charge in [-0.2, -0.15) is 0 Å². The number of cyclic esters (lactones) is 1. The van der Waals surface area contributed by atoms with Crippen molar-refractivity contribution in [2.24, 2.45) is 17.8 Å². The Balaban J connectivity index is 1.26. The second-order valence-electron chi connectivity index (χ2n) is 26.2. The zero-order chi connectivity index (χ0) is 70.6. The first-order valence-corrected chi connectivity index (χ1v) is 33.1. The number of esters is 1. The number of nitrogens with zero attached hydrogens (tertiary/aromatic N) is 1. The molecule has 5 fully saturated rings. The molecule has 5 saturated heterocycles. The van der Waals surface area contributed by atoms with Gasteiger partial charge in [-0.05, 0) is 46.0 Å². The van der Waals surface area contributed by atoms with Crippen LogP contribution in [-0.2, 0) is 47.5 Å². The van der Waals surface area contributed by atoms with Gasteiger partial charge in [0.2, 0.25) is 17.6 Å². The van der Waals surface area contributed by atoms with Crippen molar-refractivity contribution in [3.05, 3.63) is 85.1 Å². The summed E-state index contributed by atoms with van der Waals surface area (Å²) in [6, 6.07) is -1.49. The van der Waals surface area contributed by atoms with Gasteiger partial charge in [-0.15, -0.1) is 0 Å². The molecule has 0 radical (unpaired) electrons. The van der Waals surface area contributed by atoms with Gasteiger partial charge in [0, 0.05) is 63.6 Å². The number of carbonyl (C=O) groups is 3. The molecule has 6 aliphatic rings. The number of allylic oxidation sites excluding steroid dienone is 12. The SMILES string of the molecule is CC1[C@H](C)OC(=O)C[C@H](O)C[C@H](O)CC[C@@H](O)[C@H](O)C[C@H](O)C[C@]2(O)C[C@H](O)C(C(=O)NCCCN3CCCC3=O)C(C[C@@H](O[C@@H]3O[C@H](C)[C@@H](O)[C@H](NC[C@@]4(O)OC[C@@H](O)[C@@H](OC5O[C@H](CO)[C@@H](O)[C@H](O)[C@H]5O)[C@@H]4O)[C@@H]3O)C=CC=CC=CC=CC=CC=CC=C[C@H](C)[C@H]1O)O2. The zero-order valence-corrected chi connectivity index (χ0v) is 54.7. The topological polar surface area (TPSA) is 487 Å². The van der Waals surface area contributed by atoms with Crippen LogP contribution in [0.5, 0.6) is 0 Å². The van der Waals surface area contributed by atoms with Gasteiger partial charge in [-0.1, -0.05) is 98.9 Å². The fourth-order valence-corrected chi connectivity index (χ4v) is 12.5. The third-order valence-electron chi connectivity index (χ3n) is 18.4. The smallest absolute Gasteiger partial charge is 0.308 e. The van der Waals surface area contributed by atoms with E-state index in [0.717, 1.165) is 0 Å². The van der Waals surface area contributed by atoms with Gasteiger partial charge in [-0.25, -0.2) is 0 Å². The van der Waals surface area contributed by atoms with Gasteiger partial charge in [0.15, 0.2) is 18.4 Å². The summed E-state index contributed by atoms with van der Waals surface area (Å²) in [5, 5.41) is 194. The van der Waals surface area contributed by atoms with E-state index in [0.29, 0.717) is 32.4 Å². The molecule has 0 aromatic rings. The monoisotopic (exact) mass is 1370 g/mol. The third kappa shape index (κ3) is 23.4. The van der Waals surface area contributed by atoms with Gasteiger partial charge in [-0.3, -0.25) is 14.4 Å². The quantitative estimate of drug-likeness (QED) is 0.0617. The standard InChI is InChI=1S/C66H105N3O27/c1-36-19-15-13-11-9-7-5-6-8-10-12-14-16-20-43(93-63-57(83)53(55(81)39(4)92-63)68-35-66(89)61(86)60(47(77)34-90-66)95-64-59(85)58(84)56(82)49(33-70)94-64)30-48-52(62(87)67-24-18-26-69-25-17-21-50(69)78)46(76)32-65(88,96-48)31-42(73)28-45(75)44(74)23-22-40(71)27-41(72)29-51(79)91-38(3)37(2)54(36)80/h5-16,19-20,36-49,52-61,63-64,68,70-77,80-86,88-89H,17-18,21-35H2,1-4H3,(H,67,87)/t36-,37?,38-,39+,40+,41+,42-,43-,44+,45+,46-,47+,48?,49+,52?,53-,54+,55+,56+,57-,58-,59+,60+,61-,63-,64?,65+,66+/m0/s1. The molecule has 30 heteroatoms. The minimum absolute atomic E-state index is 0.0244. The van der Waals surface area contributed by atoms with Gasteiger partial charge >= 0.3 is 5.97 Å². The first-order valence-electron chi connectivity index (χ1n) is 33.1. The first kappa shape index (κ1) is 80.6. The van der Waals surface area contributed by atoms with Crippen molar-refractivity contribution in [2.45, 2.75) is 251 Å². The average molecular weight is 1370 g/mol. The Morgan fingerprint density at radius 2 is 1.28 bits per heavy atom. The molecule has 30 nitrogen and oxygen atoms in total. The predicted molar refractivity (Wildman–Crippen MR) is 338 cm³/mol. The van der Waals surface area contributed by atoms with Gasteiger partial charge in [0.1, 0.15) is 54.9 Å². The van der Waals surface area contributed by atoms with E-state index in [9.17, 15) is 101 Å². The van der Waals surface area contributed by atoms with E-state index in [4.69, 9.17) is 33.2 Å². The Morgan fingerprint density at radius 3 is 1.92 bits per heavy atom. The second kappa shape index (κ2) is 38.4. The molecule has 0 aliphatic carbocycles. The Morgan fingerprint density at radius 1 is 0.646 bits per heavy atom. The third-order valence-corrected chi connectivity index (χ3v) is 18.4. The lowest BCUT2D eigenvalue weighted by molar-refractivity contribution is -0.368. The molecule has 2 amide bonds. The lowest BCUT2D eigenvalue weighted by Crippen LogP contribution is -2.70. The number of ether oxygens (including phenoxy) is 7. The maximum atomic E-state index is 14.3. The van der Waals surface area contributed by atoms with Gasteiger partial charge in [0.25, 0.3) is 0 Å². The number of aliphatic hydroxyl groups is 17. The average Bonchev–Trinajstić information content (AvgIpc) is 0.821. The molecular formula is C66H105N3O27. The number of aliphatic hydroxyl groups excluding tert-OH is 15. The highest BCUT2D eigenvalue weighted by Gasteiger charge is 2.55. The van der Waals surface area contributed by atoms with Crippen LogP contribution >= 0.6 is 0 Å². The normalized spacial score (nSPS) is 42.9. The van der Waals surface area contributed by atoms with Crippen LogP contribution in [0.3, 0.4) is 0 Å². The van der Waals surface area contributed by atoms with Gasteiger partial charge in [0.05, 0.1) is 105 Å². The summed E-state index contributed by atoms with van der Waals surface area (Å²) in [4.78, 5) is 41.2. The fourth-order valence-electron chi connectivity index (χ4n) is 12.5. The Labute approximate surface area is 558 Å². The van der Waals surface area contributed by atoms with Crippen molar-refractivity contribution in [1.82, 2.24) is 15.5 Å². The molecule has 0 aromatic heterocycles. The van der Waals surface area contributed by atoms with Crippen molar-refractivity contribution in [2.75, 3.05) is 39.4 Å². The van der Waals surface area contributed by atoms with Crippen LogP contribution in [0.15, 0.2) is 85.1 Å². The van der Waals surface area contributed by atoms with Crippen LogP contribution in [0.25, 0.3) is 0 Å². The molecule has 19 N–H and O–H groups in total. The summed E-state index contributed by atoms with van der Waals surface area (Å²) in [7, 11) is 0. The number of likely N-dealkylation sites (tertiary alicyclic amines) is 1. The van der Waals surface area contributed by atoms with Crippen molar-refractivity contribution in [1.29, 1.82) is 0 Å². The molecule has 2 bridgehead atoms. The van der Waals surface area contributed by atoms with E-state index in [-0.39, 0.29) is 37.6 Å². The molecule has 0 saturated carbocycles. The van der Waals surface area contributed by atoms with Crippen LogP contribution in [0.4, 0.5) is 0 Å². The summed E-state index contributed by atoms with van der Waals surface area (Å²) in [6.07, 6.45) is -12.7. The van der Waals surface area contributed by atoms with E-state index in [1.54, 1.807) is 91.7 Å². The molecule has 6 rings (SSSR count). The lowest BCUT2D eigenvalue weighted by Gasteiger charge is -2.48. The van der Waals surface area contributed by atoms with Crippen molar-refractivity contribution in [3.63, 3.8) is 0 Å². The van der Waals surface area contributed by atoms with Crippen molar-refractivity contribution < 1.29 is 134 Å². The Kier molecular flexibility index (Phi) is 32.3. The van der Waals surface area contributed by atoms with E-state index < -0.39 is 228 Å². The Bertz CT molecular complexity index is 2610. The number of nitrogens with one attached hydrogen (secondary N) is 2.